The van der Waals surface area contributed by atoms with Gasteiger partial charge in [-0.2, -0.15) is 5.26 Å². The Morgan fingerprint density at radius 2 is 1.90 bits per heavy atom. The highest BCUT2D eigenvalue weighted by Crippen LogP contribution is 2.18. The average Bonchev–Trinajstić information content (AvgIpc) is 2.48. The largest absolute Gasteiger partial charge is 0.398 e. The summed E-state index contributed by atoms with van der Waals surface area (Å²) in [5.41, 5.74) is 9.78. The molecule has 0 atom stereocenters. The monoisotopic (exact) mass is 265 g/mol. The Labute approximate surface area is 120 Å². The third-order valence-corrected chi connectivity index (χ3v) is 3.23. The number of nitrogens with zero attached hydrogens (tertiary/aromatic N) is 1. The van der Waals surface area contributed by atoms with Gasteiger partial charge in [-0.25, -0.2) is 0 Å². The summed E-state index contributed by atoms with van der Waals surface area (Å²) in [6.45, 7) is 0.908. The summed E-state index contributed by atoms with van der Waals surface area (Å²) in [7, 11) is 0. The molecule has 3 nitrogen and oxygen atoms in total. The maximum atomic E-state index is 8.75. The zero-order valence-electron chi connectivity index (χ0n) is 11.5. The Balaban J connectivity index is 1.82. The van der Waals surface area contributed by atoms with Crippen LogP contribution < -0.4 is 11.1 Å². The molecule has 0 bridgehead atoms. The van der Waals surface area contributed by atoms with Crippen LogP contribution in [0.5, 0.6) is 0 Å². The van der Waals surface area contributed by atoms with Crippen LogP contribution in [0.2, 0.25) is 0 Å². The van der Waals surface area contributed by atoms with E-state index in [0.717, 1.165) is 30.6 Å². The summed E-state index contributed by atoms with van der Waals surface area (Å²) in [6, 6.07) is 18.4. The van der Waals surface area contributed by atoms with Gasteiger partial charge >= 0.3 is 0 Å². The average molecular weight is 265 g/mol. The first-order chi connectivity index (χ1) is 9.79. The lowest BCUT2D eigenvalue weighted by Crippen LogP contribution is -2.04. The van der Waals surface area contributed by atoms with Crippen molar-refractivity contribution in [3.8, 4) is 6.07 Å². The maximum absolute atomic E-state index is 8.75. The van der Waals surface area contributed by atoms with Crippen LogP contribution in [0.1, 0.15) is 17.5 Å². The molecule has 0 heterocycles. The van der Waals surface area contributed by atoms with Gasteiger partial charge < -0.3 is 11.1 Å². The van der Waals surface area contributed by atoms with Crippen molar-refractivity contribution in [1.82, 2.24) is 0 Å². The van der Waals surface area contributed by atoms with Gasteiger partial charge in [0.25, 0.3) is 0 Å². The maximum Gasteiger partial charge on any atom is 0.0670 e. The summed E-state index contributed by atoms with van der Waals surface area (Å²) in [5, 5.41) is 12.1. The molecule has 0 aliphatic carbocycles. The van der Waals surface area contributed by atoms with Crippen LogP contribution in [0.4, 0.5) is 11.4 Å². The zero-order valence-corrected chi connectivity index (χ0v) is 11.5. The van der Waals surface area contributed by atoms with Gasteiger partial charge in [-0.05, 0) is 42.2 Å². The van der Waals surface area contributed by atoms with Gasteiger partial charge in [-0.1, -0.05) is 30.3 Å². The van der Waals surface area contributed by atoms with E-state index in [1.54, 1.807) is 0 Å². The number of rotatable bonds is 6. The van der Waals surface area contributed by atoms with Gasteiger partial charge in [-0.3, -0.25) is 0 Å². The molecule has 2 rings (SSSR count). The van der Waals surface area contributed by atoms with E-state index in [0.29, 0.717) is 12.1 Å². The van der Waals surface area contributed by atoms with E-state index >= 15 is 0 Å². The Bertz CT molecular complexity index is 585. The van der Waals surface area contributed by atoms with E-state index in [2.05, 4.69) is 35.7 Å². The van der Waals surface area contributed by atoms with Crippen LogP contribution in [0.15, 0.2) is 48.5 Å². The number of anilines is 2. The molecule has 0 amide bonds. The molecule has 2 aromatic rings. The first-order valence-electron chi connectivity index (χ1n) is 6.83. The highest BCUT2D eigenvalue weighted by molar-refractivity contribution is 5.58. The number of hydrogen-bond acceptors (Lipinski definition) is 3. The van der Waals surface area contributed by atoms with Crippen molar-refractivity contribution in [3.05, 3.63) is 59.7 Å². The normalized spacial score (nSPS) is 9.95. The summed E-state index contributed by atoms with van der Waals surface area (Å²) in [4.78, 5) is 0. The SMILES string of the molecule is N#CCc1cc(NCCCc2ccccc2)ccc1N. The minimum Gasteiger partial charge on any atom is -0.398 e. The van der Waals surface area contributed by atoms with E-state index < -0.39 is 0 Å². The number of nitrogens with one attached hydrogen (secondary N) is 1. The molecule has 0 saturated heterocycles. The van der Waals surface area contributed by atoms with E-state index in [-0.39, 0.29) is 0 Å². The van der Waals surface area contributed by atoms with Crippen molar-refractivity contribution in [2.45, 2.75) is 19.3 Å². The lowest BCUT2D eigenvalue weighted by molar-refractivity contribution is 0.863. The second kappa shape index (κ2) is 7.20. The zero-order chi connectivity index (χ0) is 14.2. The molecule has 0 fully saturated rings. The van der Waals surface area contributed by atoms with Crippen molar-refractivity contribution >= 4 is 11.4 Å². The molecule has 0 aliphatic heterocycles. The van der Waals surface area contributed by atoms with E-state index in [9.17, 15) is 0 Å². The number of nitrogens with two attached hydrogens (primary N) is 1. The summed E-state index contributed by atoms with van der Waals surface area (Å²) >= 11 is 0. The Morgan fingerprint density at radius 1 is 1.10 bits per heavy atom. The van der Waals surface area contributed by atoms with Crippen molar-refractivity contribution in [1.29, 1.82) is 5.26 Å². The number of nitriles is 1. The molecule has 0 saturated carbocycles. The fourth-order valence-corrected chi connectivity index (χ4v) is 2.12. The van der Waals surface area contributed by atoms with E-state index in [1.165, 1.54) is 5.56 Å². The second-order valence-corrected chi connectivity index (χ2v) is 4.76. The van der Waals surface area contributed by atoms with Crippen molar-refractivity contribution in [2.24, 2.45) is 0 Å². The van der Waals surface area contributed by atoms with Crippen molar-refractivity contribution in [2.75, 3.05) is 17.6 Å². The first kappa shape index (κ1) is 14.0. The summed E-state index contributed by atoms with van der Waals surface area (Å²) in [6.07, 6.45) is 2.49. The van der Waals surface area contributed by atoms with E-state index in [4.69, 9.17) is 11.0 Å². The molecule has 102 valence electrons. The molecule has 0 radical (unpaired) electrons. The van der Waals surface area contributed by atoms with Crippen LogP contribution in [-0.4, -0.2) is 6.54 Å². The molecular formula is C17H19N3. The number of aryl methyl sites for hydroxylation is 1. The molecule has 3 heteroatoms. The molecule has 2 aromatic carbocycles. The predicted molar refractivity (Wildman–Crippen MR) is 83.4 cm³/mol. The minimum atomic E-state index is 0.353. The molecule has 0 spiro atoms. The summed E-state index contributed by atoms with van der Waals surface area (Å²) in [5.74, 6) is 0. The smallest absolute Gasteiger partial charge is 0.0670 e. The van der Waals surface area contributed by atoms with E-state index in [1.807, 2.05) is 24.3 Å². The lowest BCUT2D eigenvalue weighted by Gasteiger charge is -2.09. The number of benzene rings is 2. The fraction of sp³-hybridized carbons (Fsp3) is 0.235. The summed E-state index contributed by atoms with van der Waals surface area (Å²) < 4.78 is 0. The van der Waals surface area contributed by atoms with Gasteiger partial charge in [0.15, 0.2) is 0 Å². The van der Waals surface area contributed by atoms with Crippen molar-refractivity contribution < 1.29 is 0 Å². The molecular weight excluding hydrogens is 246 g/mol. The van der Waals surface area contributed by atoms with Crippen LogP contribution in [-0.2, 0) is 12.8 Å². The highest BCUT2D eigenvalue weighted by Gasteiger charge is 2.00. The third kappa shape index (κ3) is 4.03. The first-order valence-corrected chi connectivity index (χ1v) is 6.83. The quantitative estimate of drug-likeness (QED) is 0.621. The molecule has 3 N–H and O–H groups in total. The van der Waals surface area contributed by atoms with Crippen molar-refractivity contribution in [3.63, 3.8) is 0 Å². The number of nitrogen functional groups attached to an aromatic ring is 1. The second-order valence-electron chi connectivity index (χ2n) is 4.76. The van der Waals surface area contributed by atoms with Gasteiger partial charge in [0.1, 0.15) is 0 Å². The van der Waals surface area contributed by atoms with Crippen LogP contribution >= 0.6 is 0 Å². The van der Waals surface area contributed by atoms with Crippen LogP contribution in [0.25, 0.3) is 0 Å². The topological polar surface area (TPSA) is 61.8 Å². The Morgan fingerprint density at radius 3 is 2.65 bits per heavy atom. The fourth-order valence-electron chi connectivity index (χ4n) is 2.12. The van der Waals surface area contributed by atoms with Gasteiger partial charge in [0.2, 0.25) is 0 Å². The third-order valence-electron chi connectivity index (χ3n) is 3.23. The Hall–Kier alpha value is -2.47. The van der Waals surface area contributed by atoms with Gasteiger partial charge in [0.05, 0.1) is 12.5 Å². The molecule has 0 unspecified atom stereocenters. The minimum absolute atomic E-state index is 0.353. The molecule has 20 heavy (non-hydrogen) atoms. The van der Waals surface area contributed by atoms with Gasteiger partial charge in [-0.15, -0.1) is 0 Å². The molecule has 0 aromatic heterocycles. The van der Waals surface area contributed by atoms with Crippen LogP contribution in [0.3, 0.4) is 0 Å². The van der Waals surface area contributed by atoms with Gasteiger partial charge in [0, 0.05) is 17.9 Å². The molecule has 0 aliphatic rings. The predicted octanol–water partition coefficient (Wildman–Crippen LogP) is 3.38. The highest BCUT2D eigenvalue weighted by atomic mass is 14.9. The Kier molecular flexibility index (Phi) is 5.02. The number of hydrogen-bond donors (Lipinski definition) is 2. The van der Waals surface area contributed by atoms with Crippen LogP contribution in [0, 0.1) is 11.3 Å². The standard InChI is InChI=1S/C17H19N3/c18-11-10-15-13-16(8-9-17(15)19)20-12-4-7-14-5-2-1-3-6-14/h1-3,5-6,8-9,13,20H,4,7,10,12,19H2. The lowest BCUT2D eigenvalue weighted by atomic mass is 10.1.